The van der Waals surface area contributed by atoms with Crippen LogP contribution in [-0.4, -0.2) is 13.4 Å². The van der Waals surface area contributed by atoms with Crippen molar-refractivity contribution in [3.63, 3.8) is 0 Å². The van der Waals surface area contributed by atoms with Gasteiger partial charge in [-0.15, -0.1) is 0 Å². The van der Waals surface area contributed by atoms with E-state index in [-0.39, 0.29) is 0 Å². The molecule has 0 aliphatic heterocycles. The van der Waals surface area contributed by atoms with Gasteiger partial charge in [0.25, 0.3) is 0 Å². The molecule has 65 valence electrons. The summed E-state index contributed by atoms with van der Waals surface area (Å²) in [4.78, 5) is 0. The van der Waals surface area contributed by atoms with E-state index in [0.29, 0.717) is 13.4 Å². The summed E-state index contributed by atoms with van der Waals surface area (Å²) >= 11 is 0. The first-order valence-corrected chi connectivity index (χ1v) is 4.01. The Kier molecular flexibility index (Phi) is 4.42. The number of hydrogen-bond acceptors (Lipinski definition) is 2. The van der Waals surface area contributed by atoms with Crippen LogP contribution < -0.4 is 0 Å². The van der Waals surface area contributed by atoms with Gasteiger partial charge < -0.3 is 9.47 Å². The fourth-order valence-electron chi connectivity index (χ4n) is 0.793. The van der Waals surface area contributed by atoms with Gasteiger partial charge in [0.05, 0.1) is 0 Å². The standard InChI is InChI=1S/C10H13O2/c1-2-11-9-12-8-10-6-4-3-5-7-10/h3-8H,2,9H2,1H3. The van der Waals surface area contributed by atoms with Gasteiger partial charge in [0.2, 0.25) is 0 Å². The third-order valence-electron chi connectivity index (χ3n) is 1.37. The topological polar surface area (TPSA) is 18.5 Å². The second-order valence-electron chi connectivity index (χ2n) is 2.31. The molecule has 0 aliphatic carbocycles. The Balaban J connectivity index is 2.16. The molecule has 1 aromatic carbocycles. The first-order chi connectivity index (χ1) is 5.93. The molecule has 0 fully saturated rings. The summed E-state index contributed by atoms with van der Waals surface area (Å²) in [6.07, 6.45) is 0. The molecule has 0 heterocycles. The molecule has 1 rings (SSSR count). The highest BCUT2D eigenvalue weighted by molar-refractivity contribution is 5.19. The van der Waals surface area contributed by atoms with E-state index in [1.807, 2.05) is 37.3 Å². The van der Waals surface area contributed by atoms with E-state index in [2.05, 4.69) is 0 Å². The molecule has 12 heavy (non-hydrogen) atoms. The number of rotatable bonds is 5. The van der Waals surface area contributed by atoms with Gasteiger partial charge in [-0.05, 0) is 12.5 Å². The average Bonchev–Trinajstić information content (AvgIpc) is 2.14. The fraction of sp³-hybridized carbons (Fsp3) is 0.300. The van der Waals surface area contributed by atoms with Crippen molar-refractivity contribution in [2.45, 2.75) is 6.92 Å². The highest BCUT2D eigenvalue weighted by Gasteiger charge is 1.90. The van der Waals surface area contributed by atoms with E-state index >= 15 is 0 Å². The third kappa shape index (κ3) is 3.51. The zero-order chi connectivity index (χ0) is 8.65. The maximum Gasteiger partial charge on any atom is 0.147 e. The lowest BCUT2D eigenvalue weighted by Crippen LogP contribution is -1.97. The van der Waals surface area contributed by atoms with Crippen molar-refractivity contribution >= 4 is 0 Å². The first-order valence-electron chi connectivity index (χ1n) is 4.01. The van der Waals surface area contributed by atoms with Crippen LogP contribution in [0.5, 0.6) is 0 Å². The molecule has 0 spiro atoms. The zero-order valence-electron chi connectivity index (χ0n) is 7.19. The van der Waals surface area contributed by atoms with Gasteiger partial charge in [0, 0.05) is 6.61 Å². The third-order valence-corrected chi connectivity index (χ3v) is 1.37. The maximum absolute atomic E-state index is 5.11. The van der Waals surface area contributed by atoms with Crippen LogP contribution >= 0.6 is 0 Å². The Morgan fingerprint density at radius 2 is 2.00 bits per heavy atom. The molecule has 0 aliphatic rings. The lowest BCUT2D eigenvalue weighted by atomic mass is 10.2. The molecule has 1 aromatic rings. The van der Waals surface area contributed by atoms with Crippen LogP contribution in [0.25, 0.3) is 0 Å². The number of ether oxygens (including phenoxy) is 2. The second kappa shape index (κ2) is 5.75. The van der Waals surface area contributed by atoms with E-state index in [4.69, 9.17) is 9.47 Å². The molecule has 0 aromatic heterocycles. The summed E-state index contributed by atoms with van der Waals surface area (Å²) in [7, 11) is 0. The Hall–Kier alpha value is -0.860. The van der Waals surface area contributed by atoms with Crippen molar-refractivity contribution < 1.29 is 9.47 Å². The molecule has 0 bridgehead atoms. The van der Waals surface area contributed by atoms with Gasteiger partial charge in [0.1, 0.15) is 13.4 Å². The van der Waals surface area contributed by atoms with Gasteiger partial charge in [-0.25, -0.2) is 0 Å². The largest absolute Gasteiger partial charge is 0.356 e. The van der Waals surface area contributed by atoms with E-state index in [1.165, 1.54) is 0 Å². The number of hydrogen-bond donors (Lipinski definition) is 0. The van der Waals surface area contributed by atoms with Crippen LogP contribution in [0.2, 0.25) is 0 Å². The molecule has 0 amide bonds. The minimum absolute atomic E-state index is 0.325. The van der Waals surface area contributed by atoms with E-state index in [1.54, 1.807) is 6.61 Å². The zero-order valence-corrected chi connectivity index (χ0v) is 7.19. The molecule has 0 saturated carbocycles. The normalized spacial score (nSPS) is 10.1. The lowest BCUT2D eigenvalue weighted by Gasteiger charge is -2.02. The predicted octanol–water partition coefficient (Wildman–Crippen LogP) is 2.21. The monoisotopic (exact) mass is 165 g/mol. The highest BCUT2D eigenvalue weighted by Crippen LogP contribution is 2.02. The molecular formula is C10H13O2. The number of benzene rings is 1. The molecule has 2 heteroatoms. The molecule has 2 nitrogen and oxygen atoms in total. The molecule has 0 atom stereocenters. The van der Waals surface area contributed by atoms with Gasteiger partial charge in [0.15, 0.2) is 0 Å². The summed E-state index contributed by atoms with van der Waals surface area (Å²) in [5.74, 6) is 0. The Morgan fingerprint density at radius 3 is 2.67 bits per heavy atom. The van der Waals surface area contributed by atoms with Crippen molar-refractivity contribution in [3.05, 3.63) is 42.5 Å². The van der Waals surface area contributed by atoms with Crippen LogP contribution in [0.3, 0.4) is 0 Å². The smallest absolute Gasteiger partial charge is 0.147 e. The minimum Gasteiger partial charge on any atom is -0.356 e. The van der Waals surface area contributed by atoms with Gasteiger partial charge in [-0.3, -0.25) is 0 Å². The van der Waals surface area contributed by atoms with Crippen LogP contribution in [0.1, 0.15) is 12.5 Å². The van der Waals surface area contributed by atoms with Crippen molar-refractivity contribution in [2.24, 2.45) is 0 Å². The quantitative estimate of drug-likeness (QED) is 0.492. The van der Waals surface area contributed by atoms with Crippen LogP contribution in [0, 0.1) is 6.61 Å². The van der Waals surface area contributed by atoms with Crippen LogP contribution in [0.15, 0.2) is 30.3 Å². The van der Waals surface area contributed by atoms with E-state index in [0.717, 1.165) is 5.56 Å². The average molecular weight is 165 g/mol. The highest BCUT2D eigenvalue weighted by atomic mass is 16.7. The van der Waals surface area contributed by atoms with E-state index < -0.39 is 0 Å². The van der Waals surface area contributed by atoms with E-state index in [9.17, 15) is 0 Å². The summed E-state index contributed by atoms with van der Waals surface area (Å²) in [6, 6.07) is 9.86. The van der Waals surface area contributed by atoms with Crippen molar-refractivity contribution in [3.8, 4) is 0 Å². The molecular weight excluding hydrogens is 152 g/mol. The second-order valence-corrected chi connectivity index (χ2v) is 2.31. The Bertz CT molecular complexity index is 196. The van der Waals surface area contributed by atoms with Crippen LogP contribution in [0.4, 0.5) is 0 Å². The van der Waals surface area contributed by atoms with Crippen molar-refractivity contribution in [1.82, 2.24) is 0 Å². The molecule has 0 N–H and O–H groups in total. The van der Waals surface area contributed by atoms with Crippen molar-refractivity contribution in [1.29, 1.82) is 0 Å². The maximum atomic E-state index is 5.11. The molecule has 0 unspecified atom stereocenters. The Morgan fingerprint density at radius 1 is 1.25 bits per heavy atom. The summed E-state index contributed by atoms with van der Waals surface area (Å²) in [5.41, 5.74) is 1.05. The molecule has 1 radical (unpaired) electrons. The predicted molar refractivity (Wildman–Crippen MR) is 47.4 cm³/mol. The first kappa shape index (κ1) is 9.23. The van der Waals surface area contributed by atoms with Gasteiger partial charge in [-0.1, -0.05) is 30.3 Å². The fourth-order valence-corrected chi connectivity index (χ4v) is 0.793. The van der Waals surface area contributed by atoms with Crippen molar-refractivity contribution in [2.75, 3.05) is 13.4 Å². The summed E-state index contributed by atoms with van der Waals surface area (Å²) < 4.78 is 10.1. The summed E-state index contributed by atoms with van der Waals surface area (Å²) in [6.45, 7) is 4.63. The SMILES string of the molecule is CCOCO[CH]c1ccccc1. The Labute approximate surface area is 73.1 Å². The molecule has 0 saturated heterocycles. The lowest BCUT2D eigenvalue weighted by molar-refractivity contribution is -0.0184. The van der Waals surface area contributed by atoms with Gasteiger partial charge >= 0.3 is 0 Å². The summed E-state index contributed by atoms with van der Waals surface area (Å²) in [5, 5.41) is 0. The minimum atomic E-state index is 0.325. The van der Waals surface area contributed by atoms with Crippen LogP contribution in [-0.2, 0) is 9.47 Å². The van der Waals surface area contributed by atoms with Gasteiger partial charge in [-0.2, -0.15) is 0 Å².